The minimum absolute atomic E-state index is 0. The first kappa shape index (κ1) is 40.1. The van der Waals surface area contributed by atoms with Crippen molar-refractivity contribution in [2.75, 3.05) is 0 Å². The van der Waals surface area contributed by atoms with Crippen LogP contribution < -0.4 is 24.8 Å². The predicted octanol–water partition coefficient (Wildman–Crippen LogP) is 7.00. The molecule has 3 aliphatic carbocycles. The summed E-state index contributed by atoms with van der Waals surface area (Å²) in [7, 11) is 0. The molecule has 3 aliphatic rings. The molecule has 0 saturated carbocycles. The Kier molecular flexibility index (Phi) is 11.8. The van der Waals surface area contributed by atoms with Gasteiger partial charge >= 0.3 is 86.7 Å². The average molecular weight is 777 g/mol. The van der Waals surface area contributed by atoms with Gasteiger partial charge in [0.05, 0.1) is 0 Å². The summed E-state index contributed by atoms with van der Waals surface area (Å²) in [5, 5.41) is 8.26. The molecule has 5 aromatic rings. The van der Waals surface area contributed by atoms with E-state index in [0.717, 1.165) is 0 Å². The second-order valence-electron chi connectivity index (χ2n) is 16.3. The maximum absolute atomic E-state index is 3.40. The van der Waals surface area contributed by atoms with Gasteiger partial charge in [-0.25, -0.2) is 5.57 Å². The monoisotopic (exact) mass is 774 g/mol. The summed E-state index contributed by atoms with van der Waals surface area (Å²) in [6.07, 6.45) is 10.5. The van der Waals surface area contributed by atoms with Crippen LogP contribution in [0.2, 0.25) is 0 Å². The first-order chi connectivity index (χ1) is 22.5. The molecular formula is C47H50Cl2Zr-2. The molecule has 0 radical (unpaired) electrons. The Morgan fingerprint density at radius 1 is 0.720 bits per heavy atom. The molecule has 0 amide bonds. The predicted molar refractivity (Wildman–Crippen MR) is 209 cm³/mol. The van der Waals surface area contributed by atoms with Gasteiger partial charge in [0.2, 0.25) is 0 Å². The fourth-order valence-electron chi connectivity index (χ4n) is 8.24. The second kappa shape index (κ2) is 14.7. The number of benzene rings is 4. The first-order valence-electron chi connectivity index (χ1n) is 17.4. The molecule has 0 saturated heterocycles. The van der Waals surface area contributed by atoms with Crippen molar-refractivity contribution in [1.82, 2.24) is 0 Å². The van der Waals surface area contributed by atoms with Crippen molar-refractivity contribution in [3.63, 3.8) is 0 Å². The van der Waals surface area contributed by atoms with Crippen LogP contribution in [0.3, 0.4) is 0 Å². The average Bonchev–Trinajstić information content (AvgIpc) is 3.69. The topological polar surface area (TPSA) is 0 Å². The minimum atomic E-state index is 0. The molecule has 258 valence electrons. The Morgan fingerprint density at radius 2 is 1.22 bits per heavy atom. The fourth-order valence-corrected chi connectivity index (χ4v) is 8.86. The standard InChI is InChI=1S/C25H25.C11H8.C11H17.2ClH.Zr/c1-14-12-24(3,4)22-8-16-7-17-9-23-19(15(2)13-25(23,5)6)11-21(17)20(16)10-18(14)22;1-9-5-4-7-10-6-2-3-8-11(9)10;1-8-6-9(2)10(7-8)11(3,4)5;;;/h7-13H,1-6H3;1-8H;7-8H,1-5H3;2*1H;/q-1;;-1;;;+2/p-2. The molecule has 0 bridgehead atoms. The molecule has 0 spiro atoms. The molecule has 0 aliphatic heterocycles. The van der Waals surface area contributed by atoms with Gasteiger partial charge in [0.1, 0.15) is 0 Å². The fraction of sp³-hybridized carbons (Fsp3) is 0.319. The van der Waals surface area contributed by atoms with Crippen molar-refractivity contribution >= 4 is 47.2 Å². The van der Waals surface area contributed by atoms with Crippen LogP contribution in [0.1, 0.15) is 104 Å². The third-order valence-electron chi connectivity index (χ3n) is 10.4. The van der Waals surface area contributed by atoms with Crippen LogP contribution in [0.4, 0.5) is 0 Å². The summed E-state index contributed by atoms with van der Waals surface area (Å²) >= 11 is 1.46. The number of hydrogen-bond donors (Lipinski definition) is 0. The maximum atomic E-state index is 3.40. The van der Waals surface area contributed by atoms with Gasteiger partial charge in [-0.2, -0.15) is 11.6 Å². The Bertz CT molecular complexity index is 2130. The van der Waals surface area contributed by atoms with E-state index >= 15 is 0 Å². The molecular weight excluding hydrogens is 727 g/mol. The number of allylic oxidation sites excluding steroid dienone is 8. The van der Waals surface area contributed by atoms with E-state index in [1.807, 2.05) is 0 Å². The summed E-state index contributed by atoms with van der Waals surface area (Å²) in [4.78, 5) is 0. The summed E-state index contributed by atoms with van der Waals surface area (Å²) in [5.41, 5.74) is 13.3. The molecule has 1 unspecified atom stereocenters. The van der Waals surface area contributed by atoms with Crippen molar-refractivity contribution in [2.45, 2.75) is 87.0 Å². The Hall–Kier alpha value is -2.70. The zero-order valence-corrected chi connectivity index (χ0v) is 35.5. The quantitative estimate of drug-likeness (QED) is 0.161. The SMILES string of the molecule is CC1=CC(C)(C)c2cc3[cH-]c4cc5c(cc4c3cc21)C(C)=CC5(C)C.CC1=[C-]C(C)C=C1C(C)(C)C.[Cl-].[Cl-].[Zr+2]=[CH]c1cccc2ccccc12. The Labute approximate surface area is 328 Å². The van der Waals surface area contributed by atoms with E-state index in [-0.39, 0.29) is 35.6 Å². The zero-order valence-electron chi connectivity index (χ0n) is 31.6. The van der Waals surface area contributed by atoms with Gasteiger partial charge in [-0.3, -0.25) is 6.08 Å². The van der Waals surface area contributed by atoms with Crippen LogP contribution in [0.25, 0.3) is 43.5 Å². The third-order valence-corrected chi connectivity index (χ3v) is 11.2. The molecule has 0 nitrogen and oxygen atoms in total. The molecule has 8 rings (SSSR count). The van der Waals surface area contributed by atoms with Crippen LogP contribution in [-0.2, 0) is 35.1 Å². The van der Waals surface area contributed by atoms with Crippen LogP contribution in [-0.4, -0.2) is 3.71 Å². The van der Waals surface area contributed by atoms with Crippen molar-refractivity contribution in [2.24, 2.45) is 11.3 Å². The van der Waals surface area contributed by atoms with E-state index in [1.54, 1.807) is 0 Å². The van der Waals surface area contributed by atoms with Gasteiger partial charge in [-0.05, 0) is 36.1 Å². The Morgan fingerprint density at radius 3 is 1.66 bits per heavy atom. The number of halogens is 2. The van der Waals surface area contributed by atoms with Crippen molar-refractivity contribution < 1.29 is 49.0 Å². The molecule has 50 heavy (non-hydrogen) atoms. The van der Waals surface area contributed by atoms with Gasteiger partial charge in [0.15, 0.2) is 0 Å². The van der Waals surface area contributed by atoms with Crippen LogP contribution in [0.15, 0.2) is 102 Å². The van der Waals surface area contributed by atoms with Crippen LogP contribution >= 0.6 is 0 Å². The van der Waals surface area contributed by atoms with Gasteiger partial charge in [-0.15, -0.1) is 39.7 Å². The van der Waals surface area contributed by atoms with E-state index in [1.165, 1.54) is 107 Å². The van der Waals surface area contributed by atoms with Gasteiger partial charge in [-0.1, -0.05) is 109 Å². The number of hydrogen-bond acceptors (Lipinski definition) is 0. The normalized spacial score (nSPS) is 17.9. The van der Waals surface area contributed by atoms with Crippen molar-refractivity contribution in [3.05, 3.63) is 136 Å². The van der Waals surface area contributed by atoms with E-state index in [9.17, 15) is 0 Å². The zero-order chi connectivity index (χ0) is 34.8. The molecule has 0 aromatic heterocycles. The molecule has 5 aromatic carbocycles. The third kappa shape index (κ3) is 7.58. The van der Waals surface area contributed by atoms with Gasteiger partial charge in [0, 0.05) is 10.8 Å². The van der Waals surface area contributed by atoms with Gasteiger partial charge in [0.25, 0.3) is 0 Å². The number of fused-ring (bicyclic) bond motifs is 6. The molecule has 1 atom stereocenters. The molecule has 0 fully saturated rings. The van der Waals surface area contributed by atoms with Crippen molar-refractivity contribution in [1.29, 1.82) is 0 Å². The van der Waals surface area contributed by atoms with Crippen LogP contribution in [0.5, 0.6) is 0 Å². The molecule has 0 N–H and O–H groups in total. The summed E-state index contributed by atoms with van der Waals surface area (Å²) in [6, 6.07) is 27.0. The Balaban J connectivity index is 0.000000189. The van der Waals surface area contributed by atoms with E-state index in [2.05, 4.69) is 177 Å². The summed E-state index contributed by atoms with van der Waals surface area (Å²) in [6.45, 7) is 24.9. The second-order valence-corrected chi connectivity index (χ2v) is 17.0. The van der Waals surface area contributed by atoms with Gasteiger partial charge < -0.3 is 24.8 Å². The van der Waals surface area contributed by atoms with E-state index in [4.69, 9.17) is 0 Å². The van der Waals surface area contributed by atoms with E-state index in [0.29, 0.717) is 11.3 Å². The number of rotatable bonds is 1. The molecule has 3 heteroatoms. The first-order valence-corrected chi connectivity index (χ1v) is 18.8. The summed E-state index contributed by atoms with van der Waals surface area (Å²) < 4.78 is 2.23. The van der Waals surface area contributed by atoms with Crippen molar-refractivity contribution in [3.8, 4) is 0 Å². The van der Waals surface area contributed by atoms with E-state index < -0.39 is 0 Å². The molecule has 0 heterocycles. The van der Waals surface area contributed by atoms with Crippen LogP contribution in [0, 0.1) is 17.4 Å². The summed E-state index contributed by atoms with van der Waals surface area (Å²) in [5.74, 6) is 0.518.